The summed E-state index contributed by atoms with van der Waals surface area (Å²) in [5.41, 5.74) is -0.661. The fourth-order valence-electron chi connectivity index (χ4n) is 1.80. The summed E-state index contributed by atoms with van der Waals surface area (Å²) in [4.78, 5) is 14.1. The van der Waals surface area contributed by atoms with E-state index < -0.39 is 5.60 Å². The quantitative estimate of drug-likeness (QED) is 0.759. The van der Waals surface area contributed by atoms with Gasteiger partial charge in [0, 0.05) is 13.1 Å². The standard InChI is InChI=1S/C14H25ClN4O2/c1-5-14(21,6-2)10-16-11-9-17-19(8-7-18(3)4)13(20)12(11)15/h9,16,21H,5-8,10H2,1-4H3. The maximum atomic E-state index is 12.1. The van der Waals surface area contributed by atoms with E-state index >= 15 is 0 Å². The van der Waals surface area contributed by atoms with Gasteiger partial charge in [0.15, 0.2) is 0 Å². The van der Waals surface area contributed by atoms with Crippen LogP contribution < -0.4 is 10.9 Å². The molecule has 2 N–H and O–H groups in total. The molecule has 0 unspecified atom stereocenters. The van der Waals surface area contributed by atoms with Crippen molar-refractivity contribution in [2.75, 3.05) is 32.5 Å². The maximum Gasteiger partial charge on any atom is 0.287 e. The molecular formula is C14H25ClN4O2. The van der Waals surface area contributed by atoms with Gasteiger partial charge < -0.3 is 15.3 Å². The van der Waals surface area contributed by atoms with Crippen LogP contribution >= 0.6 is 11.6 Å². The largest absolute Gasteiger partial charge is 0.388 e. The average molecular weight is 317 g/mol. The van der Waals surface area contributed by atoms with E-state index in [0.717, 1.165) is 0 Å². The topological polar surface area (TPSA) is 70.4 Å². The molecule has 0 aliphatic rings. The van der Waals surface area contributed by atoms with Crippen molar-refractivity contribution in [3.8, 4) is 0 Å². The van der Waals surface area contributed by atoms with E-state index in [2.05, 4.69) is 10.4 Å². The van der Waals surface area contributed by atoms with Crippen molar-refractivity contribution in [1.82, 2.24) is 14.7 Å². The highest BCUT2D eigenvalue weighted by Crippen LogP contribution is 2.19. The lowest BCUT2D eigenvalue weighted by Crippen LogP contribution is -2.36. The first-order valence-electron chi connectivity index (χ1n) is 7.19. The summed E-state index contributed by atoms with van der Waals surface area (Å²) < 4.78 is 1.35. The van der Waals surface area contributed by atoms with Crippen molar-refractivity contribution < 1.29 is 5.11 Å². The van der Waals surface area contributed by atoms with Gasteiger partial charge in [-0.1, -0.05) is 25.4 Å². The third-order valence-electron chi connectivity index (χ3n) is 3.67. The highest BCUT2D eigenvalue weighted by Gasteiger charge is 2.22. The second kappa shape index (κ2) is 7.77. The van der Waals surface area contributed by atoms with Crippen molar-refractivity contribution in [3.63, 3.8) is 0 Å². The van der Waals surface area contributed by atoms with E-state index in [-0.39, 0.29) is 10.6 Å². The van der Waals surface area contributed by atoms with Crippen LogP contribution in [-0.4, -0.2) is 52.6 Å². The molecule has 0 aromatic carbocycles. The fraction of sp³-hybridized carbons (Fsp3) is 0.714. The Labute approximate surface area is 130 Å². The lowest BCUT2D eigenvalue weighted by atomic mass is 9.97. The second-order valence-electron chi connectivity index (χ2n) is 5.49. The Bertz CT molecular complexity index is 512. The summed E-state index contributed by atoms with van der Waals surface area (Å²) in [5, 5.41) is 17.5. The lowest BCUT2D eigenvalue weighted by Gasteiger charge is -2.26. The minimum Gasteiger partial charge on any atom is -0.388 e. The molecule has 0 aliphatic carbocycles. The number of anilines is 1. The molecule has 1 heterocycles. The number of nitrogens with one attached hydrogen (secondary N) is 1. The smallest absolute Gasteiger partial charge is 0.287 e. The molecule has 1 aromatic heterocycles. The Hall–Kier alpha value is -1.11. The minimum atomic E-state index is -0.802. The van der Waals surface area contributed by atoms with E-state index in [1.54, 1.807) is 0 Å². The molecule has 0 aliphatic heterocycles. The van der Waals surface area contributed by atoms with E-state index in [9.17, 15) is 9.90 Å². The van der Waals surface area contributed by atoms with Crippen molar-refractivity contribution in [3.05, 3.63) is 21.6 Å². The first kappa shape index (κ1) is 17.9. The Morgan fingerprint density at radius 1 is 1.43 bits per heavy atom. The molecule has 0 bridgehead atoms. The van der Waals surface area contributed by atoms with Gasteiger partial charge in [-0.05, 0) is 26.9 Å². The Morgan fingerprint density at radius 3 is 2.57 bits per heavy atom. The summed E-state index contributed by atoms with van der Waals surface area (Å²) in [6, 6.07) is 0. The van der Waals surface area contributed by atoms with Crippen molar-refractivity contribution in [1.29, 1.82) is 0 Å². The molecule has 1 aromatic rings. The number of halogens is 1. The SMILES string of the molecule is CCC(O)(CC)CNc1cnn(CCN(C)C)c(=O)c1Cl. The molecule has 0 saturated heterocycles. The lowest BCUT2D eigenvalue weighted by molar-refractivity contribution is 0.0457. The van der Waals surface area contributed by atoms with Gasteiger partial charge in [0.25, 0.3) is 5.56 Å². The molecule has 0 atom stereocenters. The molecule has 0 radical (unpaired) electrons. The van der Waals surface area contributed by atoms with Crippen LogP contribution in [0.3, 0.4) is 0 Å². The predicted molar refractivity (Wildman–Crippen MR) is 86.1 cm³/mol. The maximum absolute atomic E-state index is 12.1. The molecular weight excluding hydrogens is 292 g/mol. The molecule has 0 amide bonds. The Morgan fingerprint density at radius 2 is 2.05 bits per heavy atom. The molecule has 1 rings (SSSR count). The van der Waals surface area contributed by atoms with Gasteiger partial charge >= 0.3 is 0 Å². The molecule has 21 heavy (non-hydrogen) atoms. The summed E-state index contributed by atoms with van der Waals surface area (Å²) in [7, 11) is 3.86. The number of nitrogens with zero attached hydrogens (tertiary/aromatic N) is 3. The van der Waals surface area contributed by atoms with Crippen LogP contribution in [0.15, 0.2) is 11.0 Å². The molecule has 7 heteroatoms. The van der Waals surface area contributed by atoms with Gasteiger partial charge in [-0.15, -0.1) is 0 Å². The van der Waals surface area contributed by atoms with Crippen LogP contribution in [0.4, 0.5) is 5.69 Å². The summed E-state index contributed by atoms with van der Waals surface area (Å²) in [6.07, 6.45) is 2.79. The van der Waals surface area contributed by atoms with Crippen LogP contribution in [0.5, 0.6) is 0 Å². The summed E-state index contributed by atoms with van der Waals surface area (Å²) in [5.74, 6) is 0. The molecule has 6 nitrogen and oxygen atoms in total. The summed E-state index contributed by atoms with van der Waals surface area (Å²) in [6.45, 7) is 5.37. The van der Waals surface area contributed by atoms with Crippen molar-refractivity contribution in [2.24, 2.45) is 0 Å². The highest BCUT2D eigenvalue weighted by molar-refractivity contribution is 6.32. The monoisotopic (exact) mass is 316 g/mol. The van der Waals surface area contributed by atoms with Crippen LogP contribution in [0.1, 0.15) is 26.7 Å². The molecule has 0 fully saturated rings. The Kier molecular flexibility index (Phi) is 6.64. The number of likely N-dealkylation sites (N-methyl/N-ethyl adjacent to an activating group) is 1. The van der Waals surface area contributed by atoms with Gasteiger partial charge in [0.2, 0.25) is 0 Å². The van der Waals surface area contributed by atoms with Crippen LogP contribution in [0.25, 0.3) is 0 Å². The van der Waals surface area contributed by atoms with Gasteiger partial charge in [-0.2, -0.15) is 5.10 Å². The van der Waals surface area contributed by atoms with Gasteiger partial charge in [0.1, 0.15) is 5.02 Å². The number of hydrogen-bond donors (Lipinski definition) is 2. The van der Waals surface area contributed by atoms with Crippen LogP contribution in [0.2, 0.25) is 5.02 Å². The zero-order valence-electron chi connectivity index (χ0n) is 13.2. The third-order valence-corrected chi connectivity index (χ3v) is 4.03. The molecule has 0 spiro atoms. The van der Waals surface area contributed by atoms with Gasteiger partial charge in [-0.3, -0.25) is 4.79 Å². The highest BCUT2D eigenvalue weighted by atomic mass is 35.5. The number of aromatic nitrogens is 2. The third kappa shape index (κ3) is 4.98. The fourth-order valence-corrected chi connectivity index (χ4v) is 2.02. The second-order valence-corrected chi connectivity index (χ2v) is 5.87. The Balaban J connectivity index is 2.82. The van der Waals surface area contributed by atoms with E-state index in [1.165, 1.54) is 10.9 Å². The minimum absolute atomic E-state index is 0.110. The van der Waals surface area contributed by atoms with Gasteiger partial charge in [0.05, 0.1) is 24.0 Å². The zero-order valence-corrected chi connectivity index (χ0v) is 13.9. The zero-order chi connectivity index (χ0) is 16.0. The predicted octanol–water partition coefficient (Wildman–Crippen LogP) is 1.42. The number of hydrogen-bond acceptors (Lipinski definition) is 5. The first-order chi connectivity index (χ1) is 9.83. The molecule has 120 valence electrons. The number of aliphatic hydroxyl groups is 1. The van der Waals surface area contributed by atoms with E-state index in [1.807, 2.05) is 32.8 Å². The number of rotatable bonds is 8. The van der Waals surface area contributed by atoms with E-state index in [0.29, 0.717) is 38.2 Å². The van der Waals surface area contributed by atoms with Crippen molar-refractivity contribution in [2.45, 2.75) is 38.8 Å². The average Bonchev–Trinajstić information content (AvgIpc) is 2.47. The molecule has 0 saturated carbocycles. The van der Waals surface area contributed by atoms with Gasteiger partial charge in [-0.25, -0.2) is 4.68 Å². The van der Waals surface area contributed by atoms with E-state index in [4.69, 9.17) is 11.6 Å². The van der Waals surface area contributed by atoms with Crippen LogP contribution in [0, 0.1) is 0 Å². The normalized spacial score (nSPS) is 12.0. The van der Waals surface area contributed by atoms with Crippen LogP contribution in [-0.2, 0) is 6.54 Å². The summed E-state index contributed by atoms with van der Waals surface area (Å²) >= 11 is 6.10. The first-order valence-corrected chi connectivity index (χ1v) is 7.57. The van der Waals surface area contributed by atoms with Crippen molar-refractivity contribution >= 4 is 17.3 Å².